The molecule has 0 bridgehead atoms. The summed E-state index contributed by atoms with van der Waals surface area (Å²) in [5.74, 6) is 0.550. The number of hydrogen-bond acceptors (Lipinski definition) is 3. The van der Waals surface area contributed by atoms with Crippen LogP contribution >= 0.6 is 11.6 Å². The minimum Gasteiger partial charge on any atom is -0.493 e. The van der Waals surface area contributed by atoms with Crippen LogP contribution in [0.25, 0.3) is 0 Å². The predicted molar refractivity (Wildman–Crippen MR) is 80.4 cm³/mol. The van der Waals surface area contributed by atoms with Crippen LogP contribution in [0.2, 0.25) is 5.02 Å². The van der Waals surface area contributed by atoms with Crippen molar-refractivity contribution in [3.8, 4) is 5.75 Å². The Kier molecular flexibility index (Phi) is 5.26. The minimum atomic E-state index is -0.0475. The van der Waals surface area contributed by atoms with E-state index >= 15 is 0 Å². The molecule has 1 aliphatic rings. The van der Waals surface area contributed by atoms with E-state index in [2.05, 4.69) is 0 Å². The van der Waals surface area contributed by atoms with Crippen LogP contribution in [0, 0.1) is 0 Å². The van der Waals surface area contributed by atoms with Gasteiger partial charge in [-0.2, -0.15) is 0 Å². The highest BCUT2D eigenvalue weighted by molar-refractivity contribution is 6.31. The van der Waals surface area contributed by atoms with Crippen molar-refractivity contribution in [2.75, 3.05) is 19.7 Å². The molecule has 0 aromatic heterocycles. The summed E-state index contributed by atoms with van der Waals surface area (Å²) in [6.07, 6.45) is 2.81. The van der Waals surface area contributed by atoms with Gasteiger partial charge in [-0.3, -0.25) is 4.79 Å². The van der Waals surface area contributed by atoms with Crippen molar-refractivity contribution in [2.45, 2.75) is 32.2 Å². The molecule has 1 fully saturated rings. The molecule has 1 amide bonds. The second-order valence-corrected chi connectivity index (χ2v) is 5.58. The molecule has 1 aromatic rings. The van der Waals surface area contributed by atoms with E-state index in [9.17, 15) is 4.79 Å². The molecule has 0 saturated carbocycles. The molecule has 4 nitrogen and oxygen atoms in total. The molecule has 2 rings (SSSR count). The van der Waals surface area contributed by atoms with Crippen LogP contribution in [0.5, 0.6) is 5.75 Å². The lowest BCUT2D eigenvalue weighted by Crippen LogP contribution is -2.45. The maximum atomic E-state index is 12.6. The highest BCUT2D eigenvalue weighted by Crippen LogP contribution is 2.25. The standard InChI is InChI=1S/C15H21ClN2O2/c1-2-8-20-14-6-5-11(16)9-13(14)15(19)18-7-3-4-12(17)10-18/h5-6,9,12H,2-4,7-8,10,17H2,1H3/t12-/m1/s1. The number of carbonyl (C=O) groups excluding carboxylic acids is 1. The van der Waals surface area contributed by atoms with Gasteiger partial charge in [0.05, 0.1) is 12.2 Å². The summed E-state index contributed by atoms with van der Waals surface area (Å²) >= 11 is 6.01. The van der Waals surface area contributed by atoms with Crippen LogP contribution in [0.15, 0.2) is 18.2 Å². The van der Waals surface area contributed by atoms with Crippen molar-refractivity contribution in [1.82, 2.24) is 4.90 Å². The number of piperidine rings is 1. The first-order valence-electron chi connectivity index (χ1n) is 7.09. The van der Waals surface area contributed by atoms with Gasteiger partial charge >= 0.3 is 0 Å². The summed E-state index contributed by atoms with van der Waals surface area (Å²) in [4.78, 5) is 14.4. The molecular formula is C15H21ClN2O2. The number of nitrogens with two attached hydrogens (primary N) is 1. The van der Waals surface area contributed by atoms with E-state index in [4.69, 9.17) is 22.1 Å². The lowest BCUT2D eigenvalue weighted by Gasteiger charge is -2.31. The molecule has 1 heterocycles. The minimum absolute atomic E-state index is 0.0475. The summed E-state index contributed by atoms with van der Waals surface area (Å²) in [7, 11) is 0. The number of hydrogen-bond donors (Lipinski definition) is 1. The zero-order valence-electron chi connectivity index (χ0n) is 11.8. The number of ether oxygens (including phenoxy) is 1. The highest BCUT2D eigenvalue weighted by atomic mass is 35.5. The molecule has 110 valence electrons. The van der Waals surface area contributed by atoms with Crippen LogP contribution in [0.1, 0.15) is 36.5 Å². The summed E-state index contributed by atoms with van der Waals surface area (Å²) < 4.78 is 5.64. The fourth-order valence-corrected chi connectivity index (χ4v) is 2.54. The summed E-state index contributed by atoms with van der Waals surface area (Å²) in [5.41, 5.74) is 6.47. The van der Waals surface area contributed by atoms with E-state index in [0.29, 0.717) is 29.5 Å². The van der Waals surface area contributed by atoms with E-state index in [1.807, 2.05) is 6.92 Å². The number of carbonyl (C=O) groups is 1. The first-order valence-corrected chi connectivity index (χ1v) is 7.46. The fraction of sp³-hybridized carbons (Fsp3) is 0.533. The van der Waals surface area contributed by atoms with Gasteiger partial charge in [0, 0.05) is 24.2 Å². The number of rotatable bonds is 4. The molecule has 0 aliphatic carbocycles. The first kappa shape index (κ1) is 15.1. The topological polar surface area (TPSA) is 55.6 Å². The van der Waals surface area contributed by atoms with Gasteiger partial charge in [0.2, 0.25) is 0 Å². The van der Waals surface area contributed by atoms with Gasteiger partial charge < -0.3 is 15.4 Å². The largest absolute Gasteiger partial charge is 0.493 e. The average Bonchev–Trinajstić information content (AvgIpc) is 2.45. The van der Waals surface area contributed by atoms with Gasteiger partial charge in [0.15, 0.2) is 0 Å². The van der Waals surface area contributed by atoms with E-state index in [0.717, 1.165) is 25.8 Å². The van der Waals surface area contributed by atoms with Crippen LogP contribution in [-0.4, -0.2) is 36.5 Å². The molecule has 1 aromatic carbocycles. The normalized spacial score (nSPS) is 18.9. The van der Waals surface area contributed by atoms with Crippen LogP contribution in [0.4, 0.5) is 0 Å². The first-order chi connectivity index (χ1) is 9.61. The third kappa shape index (κ3) is 3.64. The predicted octanol–water partition coefficient (Wildman–Crippen LogP) is 2.69. The van der Waals surface area contributed by atoms with E-state index in [1.54, 1.807) is 23.1 Å². The Hall–Kier alpha value is -1.26. The van der Waals surface area contributed by atoms with Gasteiger partial charge in [-0.05, 0) is 37.5 Å². The molecule has 1 saturated heterocycles. The Balaban J connectivity index is 2.20. The highest BCUT2D eigenvalue weighted by Gasteiger charge is 2.24. The summed E-state index contributed by atoms with van der Waals surface area (Å²) in [5, 5.41) is 0.540. The number of likely N-dealkylation sites (tertiary alicyclic amines) is 1. The SMILES string of the molecule is CCCOc1ccc(Cl)cc1C(=O)N1CCC[C@@H](N)C1. The van der Waals surface area contributed by atoms with Crippen molar-refractivity contribution in [3.05, 3.63) is 28.8 Å². The number of nitrogens with zero attached hydrogens (tertiary/aromatic N) is 1. The molecule has 5 heteroatoms. The number of halogens is 1. The Morgan fingerprint density at radius 1 is 1.55 bits per heavy atom. The van der Waals surface area contributed by atoms with Crippen molar-refractivity contribution in [2.24, 2.45) is 5.73 Å². The van der Waals surface area contributed by atoms with Crippen molar-refractivity contribution in [3.63, 3.8) is 0 Å². The van der Waals surface area contributed by atoms with E-state index in [-0.39, 0.29) is 11.9 Å². The average molecular weight is 297 g/mol. The third-order valence-corrected chi connectivity index (χ3v) is 3.61. The molecule has 1 atom stereocenters. The second kappa shape index (κ2) is 6.95. The van der Waals surface area contributed by atoms with Crippen LogP contribution < -0.4 is 10.5 Å². The van der Waals surface area contributed by atoms with E-state index in [1.165, 1.54) is 0 Å². The summed E-state index contributed by atoms with van der Waals surface area (Å²) in [6.45, 7) is 3.95. The molecular weight excluding hydrogens is 276 g/mol. The quantitative estimate of drug-likeness (QED) is 0.929. The van der Waals surface area contributed by atoms with Gasteiger partial charge in [-0.1, -0.05) is 18.5 Å². The Morgan fingerprint density at radius 2 is 2.35 bits per heavy atom. The number of amides is 1. The smallest absolute Gasteiger partial charge is 0.257 e. The molecule has 0 unspecified atom stereocenters. The van der Waals surface area contributed by atoms with Gasteiger partial charge in [0.1, 0.15) is 5.75 Å². The van der Waals surface area contributed by atoms with Crippen molar-refractivity contribution >= 4 is 17.5 Å². The van der Waals surface area contributed by atoms with E-state index < -0.39 is 0 Å². The second-order valence-electron chi connectivity index (χ2n) is 5.14. The van der Waals surface area contributed by atoms with Crippen molar-refractivity contribution < 1.29 is 9.53 Å². The molecule has 1 aliphatic heterocycles. The molecule has 0 radical (unpaired) electrons. The molecule has 20 heavy (non-hydrogen) atoms. The Morgan fingerprint density at radius 3 is 3.05 bits per heavy atom. The monoisotopic (exact) mass is 296 g/mol. The Bertz CT molecular complexity index is 479. The van der Waals surface area contributed by atoms with Gasteiger partial charge in [0.25, 0.3) is 5.91 Å². The molecule has 0 spiro atoms. The summed E-state index contributed by atoms with van der Waals surface area (Å²) in [6, 6.07) is 5.24. The molecule has 2 N–H and O–H groups in total. The van der Waals surface area contributed by atoms with Crippen LogP contribution in [0.3, 0.4) is 0 Å². The van der Waals surface area contributed by atoms with Crippen LogP contribution in [-0.2, 0) is 0 Å². The zero-order valence-corrected chi connectivity index (χ0v) is 12.5. The Labute approximate surface area is 124 Å². The number of benzene rings is 1. The maximum absolute atomic E-state index is 12.6. The maximum Gasteiger partial charge on any atom is 0.257 e. The van der Waals surface area contributed by atoms with Gasteiger partial charge in [-0.25, -0.2) is 0 Å². The fourth-order valence-electron chi connectivity index (χ4n) is 2.37. The zero-order chi connectivity index (χ0) is 14.5. The lowest BCUT2D eigenvalue weighted by molar-refractivity contribution is 0.0704. The lowest BCUT2D eigenvalue weighted by atomic mass is 10.0. The van der Waals surface area contributed by atoms with Gasteiger partial charge in [-0.15, -0.1) is 0 Å². The van der Waals surface area contributed by atoms with Crippen molar-refractivity contribution in [1.29, 1.82) is 0 Å². The third-order valence-electron chi connectivity index (χ3n) is 3.38.